The van der Waals surface area contributed by atoms with Crippen LogP contribution in [0.5, 0.6) is 0 Å². The summed E-state index contributed by atoms with van der Waals surface area (Å²) in [6, 6.07) is 0. The van der Waals surface area contributed by atoms with Gasteiger partial charge in [0.2, 0.25) is 0 Å². The highest BCUT2D eigenvalue weighted by Crippen LogP contribution is 2.42. The van der Waals surface area contributed by atoms with E-state index in [2.05, 4.69) is 11.8 Å². The van der Waals surface area contributed by atoms with E-state index >= 15 is 0 Å². The number of hydrogen-bond donors (Lipinski definition) is 1. The Hall–Kier alpha value is -0.460. The number of unbranched alkanes of at least 4 members (excludes halogenated alkanes) is 15. The number of esters is 1. The number of rotatable bonds is 27. The molecular weight excluding hydrogens is 501 g/mol. The second-order valence-electron chi connectivity index (χ2n) is 11.0. The Labute approximate surface area is 234 Å². The lowest BCUT2D eigenvalue weighted by Gasteiger charge is -2.21. The van der Waals surface area contributed by atoms with Gasteiger partial charge in [0.05, 0.1) is 19.4 Å². The number of likely N-dealkylation sites (tertiary alicyclic amines) is 1. The van der Waals surface area contributed by atoms with Gasteiger partial charge in [-0.3, -0.25) is 9.36 Å². The summed E-state index contributed by atoms with van der Waals surface area (Å²) in [5, 5.41) is 0. The maximum Gasteiger partial charge on any atom is 0.329 e. The van der Waals surface area contributed by atoms with E-state index in [1.165, 1.54) is 89.9 Å². The van der Waals surface area contributed by atoms with Crippen molar-refractivity contribution in [2.24, 2.45) is 0 Å². The zero-order chi connectivity index (χ0) is 27.7. The zero-order valence-electron chi connectivity index (χ0n) is 24.8. The van der Waals surface area contributed by atoms with Gasteiger partial charge in [0, 0.05) is 19.6 Å². The molecule has 0 saturated carbocycles. The summed E-state index contributed by atoms with van der Waals surface area (Å²) in [5.74, 6) is -0.352. The zero-order valence-corrected chi connectivity index (χ0v) is 25.7. The molecule has 1 N–H and O–H groups in total. The predicted molar refractivity (Wildman–Crippen MR) is 157 cm³/mol. The Morgan fingerprint density at radius 1 is 0.789 bits per heavy atom. The molecule has 38 heavy (non-hydrogen) atoms. The molecule has 0 amide bonds. The smallest absolute Gasteiger partial charge is 0.329 e. The van der Waals surface area contributed by atoms with E-state index in [-0.39, 0.29) is 31.8 Å². The van der Waals surface area contributed by atoms with Crippen LogP contribution < -0.4 is 0 Å². The van der Waals surface area contributed by atoms with Crippen molar-refractivity contribution in [2.45, 2.75) is 142 Å². The Bertz CT molecular complexity index is 599. The highest BCUT2D eigenvalue weighted by atomic mass is 31.2. The average Bonchev–Trinajstić information content (AvgIpc) is 3.43. The SMILES string of the molecule is CCCCCCCCCCCCCCCCCCOCC(COP(=O)(O)CCN1CCCC1)OC(=O)CC. The molecule has 0 aliphatic carbocycles. The van der Waals surface area contributed by atoms with Crippen molar-refractivity contribution in [3.8, 4) is 0 Å². The van der Waals surface area contributed by atoms with E-state index in [4.69, 9.17) is 14.0 Å². The van der Waals surface area contributed by atoms with Crippen molar-refractivity contribution in [2.75, 3.05) is 45.6 Å². The van der Waals surface area contributed by atoms with Crippen LogP contribution in [0.15, 0.2) is 0 Å². The van der Waals surface area contributed by atoms with Crippen LogP contribution in [0.2, 0.25) is 0 Å². The third-order valence-corrected chi connectivity index (χ3v) is 8.71. The van der Waals surface area contributed by atoms with Gasteiger partial charge in [-0.15, -0.1) is 0 Å². The van der Waals surface area contributed by atoms with Crippen molar-refractivity contribution in [1.82, 2.24) is 4.90 Å². The summed E-state index contributed by atoms with van der Waals surface area (Å²) in [4.78, 5) is 24.1. The second-order valence-corrected chi connectivity index (χ2v) is 13.0. The highest BCUT2D eigenvalue weighted by Gasteiger charge is 2.25. The van der Waals surface area contributed by atoms with Crippen LogP contribution in [-0.4, -0.2) is 67.5 Å². The standard InChI is InChI=1S/C30H60NO6P/c1-3-5-6-7-8-9-10-11-12-13-14-15-16-17-18-21-25-35-27-29(37-30(32)4-2)28-36-38(33,34)26-24-31-22-19-20-23-31/h29H,3-28H2,1-2H3,(H,33,34). The summed E-state index contributed by atoms with van der Waals surface area (Å²) in [7, 11) is -3.72. The van der Waals surface area contributed by atoms with Crippen LogP contribution in [0, 0.1) is 0 Å². The molecule has 1 heterocycles. The highest BCUT2D eigenvalue weighted by molar-refractivity contribution is 7.52. The molecule has 0 aromatic carbocycles. The molecule has 1 aliphatic heterocycles. The first kappa shape index (κ1) is 35.6. The number of ether oxygens (including phenoxy) is 2. The Kier molecular flexibility index (Phi) is 22.8. The van der Waals surface area contributed by atoms with Crippen molar-refractivity contribution < 1.29 is 28.3 Å². The summed E-state index contributed by atoms with van der Waals surface area (Å²) < 4.78 is 28.8. The van der Waals surface area contributed by atoms with Crippen molar-refractivity contribution in [3.05, 3.63) is 0 Å². The van der Waals surface area contributed by atoms with E-state index in [0.717, 1.165) is 38.8 Å². The van der Waals surface area contributed by atoms with E-state index in [1.54, 1.807) is 6.92 Å². The van der Waals surface area contributed by atoms with E-state index < -0.39 is 13.7 Å². The van der Waals surface area contributed by atoms with Gasteiger partial charge in [-0.25, -0.2) is 0 Å². The van der Waals surface area contributed by atoms with Crippen LogP contribution in [0.1, 0.15) is 136 Å². The quantitative estimate of drug-likeness (QED) is 0.0620. The second kappa shape index (κ2) is 24.3. The third kappa shape index (κ3) is 21.4. The fourth-order valence-corrected chi connectivity index (χ4v) is 5.95. The van der Waals surface area contributed by atoms with Gasteiger partial charge in [0.15, 0.2) is 0 Å². The fraction of sp³-hybridized carbons (Fsp3) is 0.967. The van der Waals surface area contributed by atoms with Crippen LogP contribution >= 0.6 is 7.60 Å². The minimum atomic E-state index is -3.72. The topological polar surface area (TPSA) is 85.3 Å². The first-order valence-electron chi connectivity index (χ1n) is 15.9. The van der Waals surface area contributed by atoms with Gasteiger partial charge in [-0.1, -0.05) is 110 Å². The molecule has 8 heteroatoms. The molecule has 1 fully saturated rings. The summed E-state index contributed by atoms with van der Waals surface area (Å²) in [6.45, 7) is 7.19. The maximum absolute atomic E-state index is 12.4. The number of carbonyl (C=O) groups excluding carboxylic acids is 1. The Morgan fingerprint density at radius 2 is 1.29 bits per heavy atom. The third-order valence-electron chi connectivity index (χ3n) is 7.39. The lowest BCUT2D eigenvalue weighted by molar-refractivity contribution is -0.153. The molecular formula is C30H60NO6P. The van der Waals surface area contributed by atoms with Gasteiger partial charge < -0.3 is 23.8 Å². The number of carbonyl (C=O) groups is 1. The molecule has 0 radical (unpaired) electrons. The van der Waals surface area contributed by atoms with Crippen molar-refractivity contribution in [3.63, 3.8) is 0 Å². The average molecular weight is 562 g/mol. The fourth-order valence-electron chi connectivity index (χ4n) is 4.89. The monoisotopic (exact) mass is 561 g/mol. The molecule has 0 aromatic rings. The first-order valence-corrected chi connectivity index (χ1v) is 17.7. The molecule has 2 atom stereocenters. The molecule has 1 rings (SSSR count). The number of nitrogens with zero attached hydrogens (tertiary/aromatic N) is 1. The van der Waals surface area contributed by atoms with Crippen molar-refractivity contribution in [1.29, 1.82) is 0 Å². The number of hydrogen-bond acceptors (Lipinski definition) is 6. The summed E-state index contributed by atoms with van der Waals surface area (Å²) in [5.41, 5.74) is 0. The molecule has 2 unspecified atom stereocenters. The van der Waals surface area contributed by atoms with Gasteiger partial charge in [0.25, 0.3) is 0 Å². The molecule has 226 valence electrons. The first-order chi connectivity index (χ1) is 18.5. The lowest BCUT2D eigenvalue weighted by atomic mass is 10.0. The van der Waals surface area contributed by atoms with Crippen LogP contribution in [0.4, 0.5) is 0 Å². The van der Waals surface area contributed by atoms with Gasteiger partial charge in [0.1, 0.15) is 6.10 Å². The van der Waals surface area contributed by atoms with Crippen LogP contribution in [0.3, 0.4) is 0 Å². The van der Waals surface area contributed by atoms with Crippen LogP contribution in [0.25, 0.3) is 0 Å². The molecule has 7 nitrogen and oxygen atoms in total. The summed E-state index contributed by atoms with van der Waals surface area (Å²) in [6.07, 6.45) is 23.3. The molecule has 0 aromatic heterocycles. The van der Waals surface area contributed by atoms with Gasteiger partial charge in [-0.05, 0) is 32.4 Å². The largest absolute Gasteiger partial charge is 0.457 e. The Balaban J connectivity index is 2.00. The molecule has 1 saturated heterocycles. The Morgan fingerprint density at radius 3 is 1.79 bits per heavy atom. The molecule has 1 aliphatic rings. The molecule has 0 bridgehead atoms. The minimum absolute atomic E-state index is 0.0987. The normalized spacial score (nSPS) is 16.5. The van der Waals surface area contributed by atoms with E-state index in [9.17, 15) is 14.3 Å². The lowest BCUT2D eigenvalue weighted by Crippen LogP contribution is -2.29. The summed E-state index contributed by atoms with van der Waals surface area (Å²) >= 11 is 0. The van der Waals surface area contributed by atoms with E-state index in [0.29, 0.717) is 13.2 Å². The minimum Gasteiger partial charge on any atom is -0.457 e. The van der Waals surface area contributed by atoms with Gasteiger partial charge >= 0.3 is 13.6 Å². The predicted octanol–water partition coefficient (Wildman–Crippen LogP) is 7.88. The maximum atomic E-state index is 12.4. The van der Waals surface area contributed by atoms with Crippen molar-refractivity contribution >= 4 is 13.6 Å². The van der Waals surface area contributed by atoms with Crippen LogP contribution in [-0.2, 0) is 23.4 Å². The van der Waals surface area contributed by atoms with Gasteiger partial charge in [-0.2, -0.15) is 0 Å². The molecule has 0 spiro atoms. The van der Waals surface area contributed by atoms with E-state index in [1.807, 2.05) is 0 Å².